The van der Waals surface area contributed by atoms with Crippen molar-refractivity contribution < 1.29 is 8.78 Å². The van der Waals surface area contributed by atoms with E-state index in [2.05, 4.69) is 19.1 Å². The van der Waals surface area contributed by atoms with Crippen molar-refractivity contribution in [1.82, 2.24) is 0 Å². The van der Waals surface area contributed by atoms with Crippen molar-refractivity contribution >= 4 is 5.57 Å². The molecule has 0 nitrogen and oxygen atoms in total. The van der Waals surface area contributed by atoms with Crippen molar-refractivity contribution in [1.29, 1.82) is 0 Å². The van der Waals surface area contributed by atoms with Gasteiger partial charge < -0.3 is 0 Å². The summed E-state index contributed by atoms with van der Waals surface area (Å²) in [5, 5.41) is 0. The van der Waals surface area contributed by atoms with Crippen LogP contribution in [0.2, 0.25) is 0 Å². The minimum Gasteiger partial charge on any atom is -0.207 e. The summed E-state index contributed by atoms with van der Waals surface area (Å²) >= 11 is 0. The lowest BCUT2D eigenvalue weighted by Gasteiger charge is -2.13. The zero-order valence-electron chi connectivity index (χ0n) is 14.7. The van der Waals surface area contributed by atoms with Gasteiger partial charge in [-0.3, -0.25) is 0 Å². The highest BCUT2D eigenvalue weighted by molar-refractivity contribution is 5.77. The highest BCUT2D eigenvalue weighted by Gasteiger charge is 2.11. The summed E-state index contributed by atoms with van der Waals surface area (Å²) in [4.78, 5) is 0. The fourth-order valence-corrected chi connectivity index (χ4v) is 2.54. The lowest BCUT2D eigenvalue weighted by Crippen LogP contribution is -1.94. The Morgan fingerprint density at radius 1 is 0.833 bits per heavy atom. The maximum absolute atomic E-state index is 14.4. The van der Waals surface area contributed by atoms with E-state index in [4.69, 9.17) is 0 Å². The average molecular weight is 325 g/mol. The minimum atomic E-state index is -0.332. The Hall–Kier alpha value is -2.22. The Bertz CT molecular complexity index is 783. The Balaban J connectivity index is 0.00000100. The molecule has 1 radical (unpaired) electrons. The van der Waals surface area contributed by atoms with Gasteiger partial charge in [0.25, 0.3) is 0 Å². The second-order valence-corrected chi connectivity index (χ2v) is 5.70. The minimum absolute atomic E-state index is 0.315. The van der Waals surface area contributed by atoms with E-state index >= 15 is 0 Å². The zero-order chi connectivity index (χ0) is 17.7. The molecule has 0 atom stereocenters. The molecular formula is C22H23F2. The number of halogens is 2. The Labute approximate surface area is 143 Å². The second-order valence-electron chi connectivity index (χ2n) is 5.70. The summed E-state index contributed by atoms with van der Waals surface area (Å²) in [6, 6.07) is 9.91. The van der Waals surface area contributed by atoms with Crippen LogP contribution in [0, 0.1) is 25.0 Å². The van der Waals surface area contributed by atoms with Crippen LogP contribution in [0.5, 0.6) is 0 Å². The number of rotatable bonds is 2. The van der Waals surface area contributed by atoms with Crippen LogP contribution in [-0.2, 0) is 0 Å². The molecule has 1 aliphatic carbocycles. The van der Waals surface area contributed by atoms with E-state index in [0.717, 1.165) is 17.6 Å². The molecule has 125 valence electrons. The normalized spacial score (nSPS) is 13.6. The van der Waals surface area contributed by atoms with E-state index in [1.165, 1.54) is 17.7 Å². The molecular weight excluding hydrogens is 302 g/mol. The molecule has 0 bridgehead atoms. The molecule has 0 heterocycles. The van der Waals surface area contributed by atoms with E-state index in [1.54, 1.807) is 25.1 Å². The maximum Gasteiger partial charge on any atom is 0.131 e. The predicted octanol–water partition coefficient (Wildman–Crippen LogP) is 6.90. The van der Waals surface area contributed by atoms with Crippen LogP contribution in [0.25, 0.3) is 16.7 Å². The van der Waals surface area contributed by atoms with Crippen molar-refractivity contribution in [3.63, 3.8) is 0 Å². The van der Waals surface area contributed by atoms with Crippen LogP contribution in [0.4, 0.5) is 8.78 Å². The van der Waals surface area contributed by atoms with Gasteiger partial charge in [-0.2, -0.15) is 0 Å². The molecule has 0 unspecified atom stereocenters. The van der Waals surface area contributed by atoms with Gasteiger partial charge in [0.05, 0.1) is 0 Å². The third-order valence-corrected chi connectivity index (χ3v) is 3.98. The summed E-state index contributed by atoms with van der Waals surface area (Å²) in [5.74, 6) is -0.647. The first kappa shape index (κ1) is 18.1. The van der Waals surface area contributed by atoms with Gasteiger partial charge >= 0.3 is 0 Å². The molecule has 0 saturated heterocycles. The van der Waals surface area contributed by atoms with Crippen LogP contribution < -0.4 is 0 Å². The molecule has 0 saturated carbocycles. The third kappa shape index (κ3) is 4.00. The molecule has 0 N–H and O–H groups in total. The van der Waals surface area contributed by atoms with Crippen LogP contribution >= 0.6 is 0 Å². The van der Waals surface area contributed by atoms with Crippen molar-refractivity contribution in [3.05, 3.63) is 83.3 Å². The molecule has 0 spiro atoms. The number of hydrogen-bond acceptors (Lipinski definition) is 0. The number of allylic oxidation sites excluding steroid dienone is 4. The first-order valence-corrected chi connectivity index (χ1v) is 8.32. The summed E-state index contributed by atoms with van der Waals surface area (Å²) in [7, 11) is 0. The highest BCUT2D eigenvalue weighted by atomic mass is 19.1. The van der Waals surface area contributed by atoms with Crippen molar-refractivity contribution in [2.45, 2.75) is 34.1 Å². The monoisotopic (exact) mass is 325 g/mol. The van der Waals surface area contributed by atoms with E-state index < -0.39 is 0 Å². The molecule has 0 aromatic heterocycles. The standard InChI is InChI=1S/C20H17F2.C2H6/c1-13-3-6-15(7-4-13)16-9-10-18(20(22)11-16)17-8-5-14(2)19(21)12-17;1-2/h3,5-12H,4H2,1-2H3;1-2H3. The smallest absolute Gasteiger partial charge is 0.131 e. The lowest BCUT2D eigenvalue weighted by atomic mass is 9.93. The summed E-state index contributed by atoms with van der Waals surface area (Å²) in [6.07, 6.45) is 7.03. The second kappa shape index (κ2) is 8.05. The van der Waals surface area contributed by atoms with Crippen molar-refractivity contribution in [2.75, 3.05) is 0 Å². The average Bonchev–Trinajstić information content (AvgIpc) is 2.60. The van der Waals surface area contributed by atoms with E-state index in [9.17, 15) is 8.78 Å². The molecule has 0 amide bonds. The summed E-state index contributed by atoms with van der Waals surface area (Å²) < 4.78 is 28.1. The topological polar surface area (TPSA) is 0 Å². The Kier molecular flexibility index (Phi) is 6.08. The summed E-state index contributed by atoms with van der Waals surface area (Å²) in [6.45, 7) is 7.76. The Morgan fingerprint density at radius 2 is 1.50 bits per heavy atom. The van der Waals surface area contributed by atoms with Crippen molar-refractivity contribution in [3.8, 4) is 11.1 Å². The van der Waals surface area contributed by atoms with Gasteiger partial charge in [-0.05, 0) is 54.7 Å². The Morgan fingerprint density at radius 3 is 2.08 bits per heavy atom. The van der Waals surface area contributed by atoms with Gasteiger partial charge in [-0.1, -0.05) is 55.8 Å². The predicted molar refractivity (Wildman–Crippen MR) is 98.5 cm³/mol. The third-order valence-electron chi connectivity index (χ3n) is 3.98. The molecule has 24 heavy (non-hydrogen) atoms. The van der Waals surface area contributed by atoms with Gasteiger partial charge in [0.15, 0.2) is 0 Å². The van der Waals surface area contributed by atoms with E-state index in [1.807, 2.05) is 26.3 Å². The van der Waals surface area contributed by atoms with Gasteiger partial charge in [0, 0.05) is 12.0 Å². The summed E-state index contributed by atoms with van der Waals surface area (Å²) in [5.41, 5.74) is 4.69. The van der Waals surface area contributed by atoms with Gasteiger partial charge in [0.2, 0.25) is 0 Å². The lowest BCUT2D eigenvalue weighted by molar-refractivity contribution is 0.617. The van der Waals surface area contributed by atoms with Crippen LogP contribution in [0.1, 0.15) is 38.3 Å². The van der Waals surface area contributed by atoms with Gasteiger partial charge in [-0.15, -0.1) is 0 Å². The largest absolute Gasteiger partial charge is 0.207 e. The van der Waals surface area contributed by atoms with Crippen LogP contribution in [0.3, 0.4) is 0 Å². The maximum atomic E-state index is 14.4. The first-order valence-electron chi connectivity index (χ1n) is 8.32. The molecule has 2 aromatic rings. The van der Waals surface area contributed by atoms with Gasteiger partial charge in [-0.25, -0.2) is 8.78 Å². The van der Waals surface area contributed by atoms with Crippen LogP contribution in [-0.4, -0.2) is 0 Å². The number of benzene rings is 2. The number of hydrogen-bond donors (Lipinski definition) is 0. The van der Waals surface area contributed by atoms with Gasteiger partial charge in [0.1, 0.15) is 11.6 Å². The van der Waals surface area contributed by atoms with Crippen LogP contribution in [0.15, 0.2) is 54.1 Å². The molecule has 0 fully saturated rings. The highest BCUT2D eigenvalue weighted by Crippen LogP contribution is 2.30. The van der Waals surface area contributed by atoms with Crippen molar-refractivity contribution in [2.24, 2.45) is 0 Å². The van der Waals surface area contributed by atoms with E-state index in [-0.39, 0.29) is 11.6 Å². The molecule has 2 aromatic carbocycles. The molecule has 0 aliphatic heterocycles. The first-order chi connectivity index (χ1) is 11.5. The fraction of sp³-hybridized carbons (Fsp3) is 0.227. The molecule has 3 rings (SSSR count). The van der Waals surface area contributed by atoms with E-state index in [0.29, 0.717) is 16.7 Å². The fourth-order valence-electron chi connectivity index (χ4n) is 2.54. The number of aryl methyl sites for hydroxylation is 1. The molecule has 1 aliphatic rings. The zero-order valence-corrected chi connectivity index (χ0v) is 14.7. The quantitative estimate of drug-likeness (QED) is 0.563. The SMILES string of the molecule is CC.CC1=C[CH]C(c2ccc(-c3ccc(C)c(F)c3)c(F)c2)=CC1. The molecule has 2 heteroatoms.